The number of rotatable bonds is 6. The second kappa shape index (κ2) is 7.19. The van der Waals surface area contributed by atoms with Gasteiger partial charge < -0.3 is 9.84 Å². The number of hydrogen-bond acceptors (Lipinski definition) is 4. The number of nitro groups is 1. The summed E-state index contributed by atoms with van der Waals surface area (Å²) in [6.45, 7) is 0.130. The van der Waals surface area contributed by atoms with E-state index in [0.717, 1.165) is 5.56 Å². The first kappa shape index (κ1) is 15.5. The van der Waals surface area contributed by atoms with Crippen LogP contribution in [0.15, 0.2) is 46.9 Å². The van der Waals surface area contributed by atoms with Crippen LogP contribution in [0.25, 0.3) is 0 Å². The zero-order valence-corrected chi connectivity index (χ0v) is 12.7. The van der Waals surface area contributed by atoms with Crippen LogP contribution in [0.2, 0.25) is 0 Å². The number of nitro benzene ring substituents is 1. The van der Waals surface area contributed by atoms with Crippen LogP contribution in [0, 0.1) is 10.1 Å². The first-order chi connectivity index (χ1) is 10.1. The van der Waals surface area contributed by atoms with Crippen molar-refractivity contribution in [1.82, 2.24) is 0 Å². The molecular formula is C15H14BrNO4. The third-order valence-electron chi connectivity index (χ3n) is 2.98. The monoisotopic (exact) mass is 351 g/mol. The van der Waals surface area contributed by atoms with E-state index in [2.05, 4.69) is 15.9 Å². The average Bonchev–Trinajstić information content (AvgIpc) is 2.47. The van der Waals surface area contributed by atoms with E-state index in [9.17, 15) is 10.1 Å². The summed E-state index contributed by atoms with van der Waals surface area (Å²) in [5.74, 6) is 0.628. The quantitative estimate of drug-likeness (QED) is 0.638. The summed E-state index contributed by atoms with van der Waals surface area (Å²) in [6.07, 6.45) is 0.485. The lowest BCUT2D eigenvalue weighted by Gasteiger charge is -2.11. The van der Waals surface area contributed by atoms with Crippen LogP contribution >= 0.6 is 15.9 Å². The molecule has 0 saturated carbocycles. The molecule has 0 aromatic heterocycles. The molecule has 0 radical (unpaired) electrons. The van der Waals surface area contributed by atoms with Crippen LogP contribution in [0.5, 0.6) is 5.75 Å². The molecule has 2 aromatic rings. The van der Waals surface area contributed by atoms with Crippen LogP contribution in [-0.4, -0.2) is 16.6 Å². The highest BCUT2D eigenvalue weighted by atomic mass is 79.9. The minimum Gasteiger partial charge on any atom is -0.488 e. The van der Waals surface area contributed by atoms with Crippen LogP contribution < -0.4 is 4.74 Å². The van der Waals surface area contributed by atoms with Gasteiger partial charge in [-0.05, 0) is 30.2 Å². The molecule has 0 heterocycles. The molecule has 2 aromatic carbocycles. The number of para-hydroxylation sites is 1. The van der Waals surface area contributed by atoms with Crippen molar-refractivity contribution in [3.05, 3.63) is 68.2 Å². The maximum Gasteiger partial charge on any atom is 0.277 e. The first-order valence-electron chi connectivity index (χ1n) is 6.36. The van der Waals surface area contributed by atoms with E-state index in [1.165, 1.54) is 6.07 Å². The third kappa shape index (κ3) is 4.03. The molecular weight excluding hydrogens is 338 g/mol. The lowest BCUT2D eigenvalue weighted by atomic mass is 10.1. The van der Waals surface area contributed by atoms with Gasteiger partial charge >= 0.3 is 0 Å². The first-order valence-corrected chi connectivity index (χ1v) is 7.15. The molecule has 0 fully saturated rings. The Bertz CT molecular complexity index is 645. The van der Waals surface area contributed by atoms with Crippen LogP contribution in [0.3, 0.4) is 0 Å². The number of benzene rings is 2. The lowest BCUT2D eigenvalue weighted by molar-refractivity contribution is -0.385. The van der Waals surface area contributed by atoms with Crippen molar-refractivity contribution in [3.8, 4) is 5.75 Å². The van der Waals surface area contributed by atoms with Gasteiger partial charge in [0, 0.05) is 17.1 Å². The number of aliphatic hydroxyl groups excluding tert-OH is 1. The number of ether oxygens (including phenoxy) is 1. The smallest absolute Gasteiger partial charge is 0.277 e. The molecule has 21 heavy (non-hydrogen) atoms. The molecule has 2 rings (SSSR count). The largest absolute Gasteiger partial charge is 0.488 e. The molecule has 6 heteroatoms. The Morgan fingerprint density at radius 3 is 2.67 bits per heavy atom. The van der Waals surface area contributed by atoms with Crippen molar-refractivity contribution < 1.29 is 14.8 Å². The van der Waals surface area contributed by atoms with Gasteiger partial charge in [-0.3, -0.25) is 10.1 Å². The van der Waals surface area contributed by atoms with Gasteiger partial charge in [0.25, 0.3) is 5.69 Å². The SMILES string of the molecule is O=[N+]([O-])c1cc(Br)ccc1COc1ccccc1CCO. The van der Waals surface area contributed by atoms with Crippen molar-refractivity contribution in [3.63, 3.8) is 0 Å². The highest BCUT2D eigenvalue weighted by Crippen LogP contribution is 2.26. The van der Waals surface area contributed by atoms with E-state index in [4.69, 9.17) is 9.84 Å². The van der Waals surface area contributed by atoms with Gasteiger partial charge in [-0.25, -0.2) is 0 Å². The molecule has 0 unspecified atom stereocenters. The van der Waals surface area contributed by atoms with E-state index < -0.39 is 4.92 Å². The topological polar surface area (TPSA) is 72.6 Å². The highest BCUT2D eigenvalue weighted by molar-refractivity contribution is 9.10. The Morgan fingerprint density at radius 1 is 1.19 bits per heavy atom. The van der Waals surface area contributed by atoms with Crippen LogP contribution in [0.1, 0.15) is 11.1 Å². The van der Waals surface area contributed by atoms with Gasteiger partial charge in [0.05, 0.1) is 10.5 Å². The molecule has 0 spiro atoms. The van der Waals surface area contributed by atoms with Gasteiger partial charge in [0.2, 0.25) is 0 Å². The molecule has 0 bridgehead atoms. The van der Waals surface area contributed by atoms with Crippen LogP contribution in [0.4, 0.5) is 5.69 Å². The fraction of sp³-hybridized carbons (Fsp3) is 0.200. The standard InChI is InChI=1S/C15H14BrNO4/c16-13-6-5-12(14(9-13)17(19)20)10-21-15-4-2-1-3-11(15)7-8-18/h1-6,9,18H,7-8,10H2. The number of nitrogens with zero attached hydrogens (tertiary/aromatic N) is 1. The fourth-order valence-electron chi connectivity index (χ4n) is 1.96. The maximum atomic E-state index is 11.1. The Morgan fingerprint density at radius 2 is 1.95 bits per heavy atom. The molecule has 110 valence electrons. The maximum absolute atomic E-state index is 11.1. The number of halogens is 1. The molecule has 0 aliphatic heterocycles. The molecule has 0 amide bonds. The second-order valence-electron chi connectivity index (χ2n) is 4.40. The zero-order valence-electron chi connectivity index (χ0n) is 11.2. The predicted molar refractivity (Wildman–Crippen MR) is 82.4 cm³/mol. The van der Waals surface area contributed by atoms with Gasteiger partial charge in [-0.1, -0.05) is 34.1 Å². The molecule has 0 aliphatic rings. The van der Waals surface area contributed by atoms with Gasteiger partial charge in [0.15, 0.2) is 0 Å². The van der Waals surface area contributed by atoms with E-state index in [1.807, 2.05) is 18.2 Å². The van der Waals surface area contributed by atoms with E-state index >= 15 is 0 Å². The fourth-order valence-corrected chi connectivity index (χ4v) is 2.31. The summed E-state index contributed by atoms with van der Waals surface area (Å²) in [4.78, 5) is 10.6. The summed E-state index contributed by atoms with van der Waals surface area (Å²) in [7, 11) is 0. The molecule has 0 saturated heterocycles. The summed E-state index contributed by atoms with van der Waals surface area (Å²) >= 11 is 3.22. The van der Waals surface area contributed by atoms with Crippen molar-refractivity contribution >= 4 is 21.6 Å². The van der Waals surface area contributed by atoms with Crippen molar-refractivity contribution in [2.75, 3.05) is 6.61 Å². The third-order valence-corrected chi connectivity index (χ3v) is 3.47. The van der Waals surface area contributed by atoms with E-state index in [-0.39, 0.29) is 18.9 Å². The van der Waals surface area contributed by atoms with E-state index in [0.29, 0.717) is 22.2 Å². The Hall–Kier alpha value is -1.92. The minimum atomic E-state index is -0.427. The second-order valence-corrected chi connectivity index (χ2v) is 5.32. The average molecular weight is 352 g/mol. The van der Waals surface area contributed by atoms with Crippen LogP contribution in [-0.2, 0) is 13.0 Å². The Kier molecular flexibility index (Phi) is 5.30. The van der Waals surface area contributed by atoms with Crippen molar-refractivity contribution in [2.45, 2.75) is 13.0 Å². The van der Waals surface area contributed by atoms with Crippen molar-refractivity contribution in [1.29, 1.82) is 0 Å². The summed E-state index contributed by atoms with van der Waals surface area (Å²) in [5, 5.41) is 20.1. The Balaban J connectivity index is 2.19. The number of hydrogen-bond donors (Lipinski definition) is 1. The lowest BCUT2D eigenvalue weighted by Crippen LogP contribution is -2.03. The predicted octanol–water partition coefficient (Wildman–Crippen LogP) is 3.47. The molecule has 1 N–H and O–H groups in total. The summed E-state index contributed by atoms with van der Waals surface area (Å²) in [6, 6.07) is 12.2. The zero-order chi connectivity index (χ0) is 15.2. The van der Waals surface area contributed by atoms with Gasteiger partial charge in [-0.2, -0.15) is 0 Å². The molecule has 0 aliphatic carbocycles. The Labute approximate surface area is 130 Å². The normalized spacial score (nSPS) is 10.4. The highest BCUT2D eigenvalue weighted by Gasteiger charge is 2.15. The number of aliphatic hydroxyl groups is 1. The molecule has 5 nitrogen and oxygen atoms in total. The van der Waals surface area contributed by atoms with Gasteiger partial charge in [0.1, 0.15) is 12.4 Å². The summed E-state index contributed by atoms with van der Waals surface area (Å²) in [5.41, 5.74) is 1.39. The minimum absolute atomic E-state index is 0.0176. The van der Waals surface area contributed by atoms with Crippen molar-refractivity contribution in [2.24, 2.45) is 0 Å². The summed E-state index contributed by atoms with van der Waals surface area (Å²) < 4.78 is 6.33. The van der Waals surface area contributed by atoms with E-state index in [1.54, 1.807) is 18.2 Å². The van der Waals surface area contributed by atoms with Gasteiger partial charge in [-0.15, -0.1) is 0 Å². The molecule has 0 atom stereocenters.